The lowest BCUT2D eigenvalue weighted by molar-refractivity contribution is 0.601. The number of nitrogens with zero attached hydrogens (tertiary/aromatic N) is 3. The van der Waals surface area contributed by atoms with Gasteiger partial charge in [-0.05, 0) is 42.3 Å². The average molecular weight is 368 g/mol. The van der Waals surface area contributed by atoms with E-state index in [1.807, 2.05) is 37.3 Å². The van der Waals surface area contributed by atoms with Gasteiger partial charge in [-0.25, -0.2) is 18.4 Å². The summed E-state index contributed by atoms with van der Waals surface area (Å²) in [5.74, 6) is 0.519. The summed E-state index contributed by atoms with van der Waals surface area (Å²) in [4.78, 5) is 13.3. The normalized spacial score (nSPS) is 12.5. The minimum absolute atomic E-state index is 0.0206. The van der Waals surface area contributed by atoms with Crippen LogP contribution in [0.3, 0.4) is 0 Å². The summed E-state index contributed by atoms with van der Waals surface area (Å²) in [5.41, 5.74) is 2.69. The lowest BCUT2D eigenvalue weighted by Crippen LogP contribution is -2.12. The third-order valence-corrected chi connectivity index (χ3v) is 5.16. The first kappa shape index (κ1) is 18.0. The molecule has 26 heavy (non-hydrogen) atoms. The van der Waals surface area contributed by atoms with Crippen molar-refractivity contribution in [2.24, 2.45) is 0 Å². The Morgan fingerprint density at radius 2 is 1.85 bits per heavy atom. The SMILES string of the molecule is CC[C@@H](Nc1nccc(-c2cccnc2)n1)c1ccc(S(C)(=O)=O)cc1. The van der Waals surface area contributed by atoms with Gasteiger partial charge in [-0.1, -0.05) is 19.1 Å². The molecule has 0 fully saturated rings. The fourth-order valence-electron chi connectivity index (χ4n) is 2.63. The second kappa shape index (κ2) is 7.61. The third kappa shape index (κ3) is 4.23. The Labute approximate surface area is 153 Å². The molecule has 2 heterocycles. The smallest absolute Gasteiger partial charge is 0.223 e. The summed E-state index contributed by atoms with van der Waals surface area (Å²) in [6.45, 7) is 2.05. The molecule has 0 amide bonds. The first-order valence-electron chi connectivity index (χ1n) is 8.27. The summed E-state index contributed by atoms with van der Waals surface area (Å²) in [6.07, 6.45) is 7.19. The minimum Gasteiger partial charge on any atom is -0.347 e. The maximum absolute atomic E-state index is 11.6. The van der Waals surface area contributed by atoms with Crippen LogP contribution in [0.25, 0.3) is 11.3 Å². The molecule has 0 aliphatic carbocycles. The minimum atomic E-state index is -3.20. The van der Waals surface area contributed by atoms with Gasteiger partial charge in [0.05, 0.1) is 16.6 Å². The summed E-state index contributed by atoms with van der Waals surface area (Å²) < 4.78 is 23.2. The third-order valence-electron chi connectivity index (χ3n) is 4.04. The predicted octanol–water partition coefficient (Wildman–Crippen LogP) is 3.51. The van der Waals surface area contributed by atoms with Crippen molar-refractivity contribution in [1.29, 1.82) is 0 Å². The Morgan fingerprint density at radius 1 is 1.08 bits per heavy atom. The molecule has 1 atom stereocenters. The van der Waals surface area contributed by atoms with Crippen LogP contribution < -0.4 is 5.32 Å². The maximum Gasteiger partial charge on any atom is 0.223 e. The van der Waals surface area contributed by atoms with E-state index < -0.39 is 9.84 Å². The highest BCUT2D eigenvalue weighted by atomic mass is 32.2. The number of pyridine rings is 1. The average Bonchev–Trinajstić information content (AvgIpc) is 2.66. The molecule has 0 bridgehead atoms. The lowest BCUT2D eigenvalue weighted by atomic mass is 10.1. The van der Waals surface area contributed by atoms with E-state index in [2.05, 4.69) is 20.3 Å². The molecule has 7 heteroatoms. The van der Waals surface area contributed by atoms with Crippen molar-refractivity contribution in [3.8, 4) is 11.3 Å². The Hall–Kier alpha value is -2.80. The lowest BCUT2D eigenvalue weighted by Gasteiger charge is -2.18. The molecule has 134 valence electrons. The number of hydrogen-bond acceptors (Lipinski definition) is 6. The molecular weight excluding hydrogens is 348 g/mol. The van der Waals surface area contributed by atoms with Crippen molar-refractivity contribution in [3.05, 3.63) is 66.6 Å². The molecular formula is C19H20N4O2S. The number of sulfone groups is 1. The van der Waals surface area contributed by atoms with E-state index in [0.717, 1.165) is 23.2 Å². The van der Waals surface area contributed by atoms with Crippen molar-refractivity contribution in [1.82, 2.24) is 15.0 Å². The van der Waals surface area contributed by atoms with Crippen LogP contribution in [0.4, 0.5) is 5.95 Å². The van der Waals surface area contributed by atoms with Crippen LogP contribution in [-0.4, -0.2) is 29.6 Å². The van der Waals surface area contributed by atoms with Gasteiger partial charge in [0.25, 0.3) is 0 Å². The molecule has 3 aromatic rings. The van der Waals surface area contributed by atoms with E-state index in [0.29, 0.717) is 10.8 Å². The number of anilines is 1. The number of rotatable bonds is 6. The first-order valence-corrected chi connectivity index (χ1v) is 10.2. The van der Waals surface area contributed by atoms with Gasteiger partial charge in [0.1, 0.15) is 0 Å². The zero-order valence-corrected chi connectivity index (χ0v) is 15.4. The zero-order chi connectivity index (χ0) is 18.6. The Morgan fingerprint density at radius 3 is 2.46 bits per heavy atom. The van der Waals surface area contributed by atoms with Gasteiger partial charge in [0.15, 0.2) is 9.84 Å². The van der Waals surface area contributed by atoms with E-state index in [4.69, 9.17) is 0 Å². The molecule has 0 radical (unpaired) electrons. The van der Waals surface area contributed by atoms with Gasteiger partial charge in [-0.15, -0.1) is 0 Å². The van der Waals surface area contributed by atoms with Gasteiger partial charge in [-0.3, -0.25) is 4.98 Å². The van der Waals surface area contributed by atoms with E-state index in [1.54, 1.807) is 30.7 Å². The van der Waals surface area contributed by atoms with Crippen LogP contribution in [0, 0.1) is 0 Å². The number of aromatic nitrogens is 3. The first-order chi connectivity index (χ1) is 12.5. The maximum atomic E-state index is 11.6. The highest BCUT2D eigenvalue weighted by Gasteiger charge is 2.13. The van der Waals surface area contributed by atoms with Crippen LogP contribution in [-0.2, 0) is 9.84 Å². The van der Waals surface area contributed by atoms with Crippen LogP contribution in [0.15, 0.2) is 66.0 Å². The van der Waals surface area contributed by atoms with E-state index >= 15 is 0 Å². The Bertz CT molecular complexity index is 974. The van der Waals surface area contributed by atoms with Gasteiger partial charge in [-0.2, -0.15) is 0 Å². The van der Waals surface area contributed by atoms with Gasteiger partial charge in [0.2, 0.25) is 5.95 Å². The number of hydrogen-bond donors (Lipinski definition) is 1. The van der Waals surface area contributed by atoms with Crippen LogP contribution in [0.5, 0.6) is 0 Å². The fourth-order valence-corrected chi connectivity index (χ4v) is 3.26. The topological polar surface area (TPSA) is 84.8 Å². The molecule has 0 saturated heterocycles. The molecule has 6 nitrogen and oxygen atoms in total. The summed E-state index contributed by atoms with van der Waals surface area (Å²) in [5, 5.41) is 3.32. The standard InChI is InChI=1S/C19H20N4O2S/c1-3-17(14-6-8-16(9-7-14)26(2,24)25)22-19-21-12-10-18(23-19)15-5-4-11-20-13-15/h4-13,17H,3H2,1-2H3,(H,21,22,23)/t17-/m1/s1. The number of nitrogens with one attached hydrogen (secondary N) is 1. The second-order valence-corrected chi connectivity index (χ2v) is 7.97. The largest absolute Gasteiger partial charge is 0.347 e. The summed E-state index contributed by atoms with van der Waals surface area (Å²) in [6, 6.07) is 12.5. The summed E-state index contributed by atoms with van der Waals surface area (Å²) in [7, 11) is -3.20. The molecule has 3 rings (SSSR count). The van der Waals surface area contributed by atoms with Gasteiger partial charge < -0.3 is 5.32 Å². The van der Waals surface area contributed by atoms with Crippen molar-refractivity contribution in [2.75, 3.05) is 11.6 Å². The van der Waals surface area contributed by atoms with Crippen LogP contribution in [0.1, 0.15) is 24.9 Å². The number of benzene rings is 1. The van der Waals surface area contributed by atoms with Crippen molar-refractivity contribution < 1.29 is 8.42 Å². The second-order valence-electron chi connectivity index (χ2n) is 5.95. The molecule has 0 aliphatic heterocycles. The molecule has 0 spiro atoms. The zero-order valence-electron chi connectivity index (χ0n) is 14.6. The molecule has 2 aromatic heterocycles. The van der Waals surface area contributed by atoms with Crippen LogP contribution >= 0.6 is 0 Å². The van der Waals surface area contributed by atoms with E-state index in [-0.39, 0.29) is 6.04 Å². The Kier molecular flexibility index (Phi) is 5.27. The fraction of sp³-hybridized carbons (Fsp3) is 0.211. The molecule has 1 aromatic carbocycles. The van der Waals surface area contributed by atoms with Crippen molar-refractivity contribution in [2.45, 2.75) is 24.3 Å². The van der Waals surface area contributed by atoms with Crippen molar-refractivity contribution in [3.63, 3.8) is 0 Å². The van der Waals surface area contributed by atoms with Gasteiger partial charge in [0, 0.05) is 30.4 Å². The molecule has 0 saturated carbocycles. The van der Waals surface area contributed by atoms with Crippen molar-refractivity contribution >= 4 is 15.8 Å². The highest BCUT2D eigenvalue weighted by Crippen LogP contribution is 2.23. The molecule has 1 N–H and O–H groups in total. The molecule has 0 aliphatic rings. The van der Waals surface area contributed by atoms with E-state index in [9.17, 15) is 8.42 Å². The highest BCUT2D eigenvalue weighted by molar-refractivity contribution is 7.90. The van der Waals surface area contributed by atoms with Gasteiger partial charge >= 0.3 is 0 Å². The summed E-state index contributed by atoms with van der Waals surface area (Å²) >= 11 is 0. The molecule has 0 unspecified atom stereocenters. The van der Waals surface area contributed by atoms with Crippen LogP contribution in [0.2, 0.25) is 0 Å². The quantitative estimate of drug-likeness (QED) is 0.717. The predicted molar refractivity (Wildman–Crippen MR) is 101 cm³/mol. The van der Waals surface area contributed by atoms with E-state index in [1.165, 1.54) is 6.26 Å². The Balaban J connectivity index is 1.82. The monoisotopic (exact) mass is 368 g/mol.